The topological polar surface area (TPSA) is 29.5 Å². The summed E-state index contributed by atoms with van der Waals surface area (Å²) in [4.78, 5) is 15.4. The zero-order chi connectivity index (χ0) is 15.3. The van der Waals surface area contributed by atoms with Crippen LogP contribution in [0.2, 0.25) is 0 Å². The normalized spacial score (nSPS) is 39.2. The number of rotatable bonds is 2. The molecule has 0 aromatic rings. The first-order valence-corrected chi connectivity index (χ1v) is 8.80. The van der Waals surface area contributed by atoms with Crippen molar-refractivity contribution in [3.05, 3.63) is 0 Å². The van der Waals surface area contributed by atoms with Gasteiger partial charge in [0.1, 0.15) is 5.60 Å². The average molecular weight is 293 g/mol. The van der Waals surface area contributed by atoms with E-state index in [-0.39, 0.29) is 11.5 Å². The third-order valence-corrected chi connectivity index (χ3v) is 6.04. The first-order chi connectivity index (χ1) is 9.81. The first kappa shape index (κ1) is 15.5. The van der Waals surface area contributed by atoms with Gasteiger partial charge in [0, 0.05) is 12.6 Å². The maximum absolute atomic E-state index is 12.7. The number of likely N-dealkylation sites (tertiary alicyclic amines) is 1. The highest BCUT2D eigenvalue weighted by atomic mass is 16.5. The molecule has 3 heteroatoms. The third-order valence-electron chi connectivity index (χ3n) is 6.04. The van der Waals surface area contributed by atoms with Crippen LogP contribution in [0.15, 0.2) is 0 Å². The van der Waals surface area contributed by atoms with Gasteiger partial charge in [0.25, 0.3) is 0 Å². The molecule has 0 aromatic heterocycles. The zero-order valence-corrected chi connectivity index (χ0v) is 14.2. The number of fused-ring (bicyclic) bond motifs is 1. The minimum Gasteiger partial charge on any atom is -0.361 e. The Morgan fingerprint density at radius 1 is 1.10 bits per heavy atom. The quantitative estimate of drug-likeness (QED) is 0.781. The van der Waals surface area contributed by atoms with E-state index in [1.54, 1.807) is 0 Å². The van der Waals surface area contributed by atoms with Gasteiger partial charge in [-0.3, -0.25) is 9.69 Å². The molecule has 0 N–H and O–H groups in total. The highest BCUT2D eigenvalue weighted by molar-refractivity contribution is 5.91. The van der Waals surface area contributed by atoms with Gasteiger partial charge in [-0.2, -0.15) is 0 Å². The van der Waals surface area contributed by atoms with Crippen molar-refractivity contribution in [2.75, 3.05) is 13.1 Å². The molecule has 21 heavy (non-hydrogen) atoms. The first-order valence-electron chi connectivity index (χ1n) is 8.80. The lowest BCUT2D eigenvalue weighted by molar-refractivity contribution is -0.132. The Kier molecular flexibility index (Phi) is 3.94. The summed E-state index contributed by atoms with van der Waals surface area (Å²) in [5.74, 6) is 1.19. The third kappa shape index (κ3) is 2.79. The van der Waals surface area contributed by atoms with E-state index in [1.807, 2.05) is 13.8 Å². The fourth-order valence-corrected chi connectivity index (χ4v) is 5.01. The molecular weight excluding hydrogens is 262 g/mol. The van der Waals surface area contributed by atoms with E-state index in [9.17, 15) is 4.79 Å². The molecule has 0 spiro atoms. The molecule has 2 saturated heterocycles. The van der Waals surface area contributed by atoms with Crippen molar-refractivity contribution in [2.24, 2.45) is 11.8 Å². The second-order valence-corrected chi connectivity index (χ2v) is 8.38. The monoisotopic (exact) mass is 293 g/mol. The van der Waals surface area contributed by atoms with Gasteiger partial charge in [-0.1, -0.05) is 12.8 Å². The number of carbonyl (C=O) groups is 1. The van der Waals surface area contributed by atoms with Crippen LogP contribution in [-0.2, 0) is 9.53 Å². The summed E-state index contributed by atoms with van der Waals surface area (Å²) >= 11 is 0. The SMILES string of the molecule is CC1(C)OC(C)(C)C(CN2CCCC3CCCCC32)C1=O. The number of carbonyl (C=O) groups excluding carboxylic acids is 1. The molecule has 3 atom stereocenters. The Labute approximate surface area is 129 Å². The van der Waals surface area contributed by atoms with Gasteiger partial charge in [0.2, 0.25) is 0 Å². The van der Waals surface area contributed by atoms with Crippen molar-refractivity contribution in [3.63, 3.8) is 0 Å². The number of ether oxygens (including phenoxy) is 1. The van der Waals surface area contributed by atoms with Gasteiger partial charge < -0.3 is 4.74 Å². The van der Waals surface area contributed by atoms with Crippen LogP contribution in [0.5, 0.6) is 0 Å². The van der Waals surface area contributed by atoms with E-state index in [0.29, 0.717) is 5.78 Å². The maximum Gasteiger partial charge on any atom is 0.171 e. The molecule has 2 heterocycles. The predicted octanol–water partition coefficient (Wildman–Crippen LogP) is 3.41. The number of ketones is 1. The smallest absolute Gasteiger partial charge is 0.171 e. The lowest BCUT2D eigenvalue weighted by atomic mass is 9.77. The minimum absolute atomic E-state index is 0.0215. The molecule has 3 rings (SSSR count). The second-order valence-electron chi connectivity index (χ2n) is 8.38. The van der Waals surface area contributed by atoms with Gasteiger partial charge in [-0.05, 0) is 65.8 Å². The highest BCUT2D eigenvalue weighted by Gasteiger charge is 2.54. The number of nitrogens with zero attached hydrogens (tertiary/aromatic N) is 1. The summed E-state index contributed by atoms with van der Waals surface area (Å²) < 4.78 is 6.06. The lowest BCUT2D eigenvalue weighted by Crippen LogP contribution is -2.51. The predicted molar refractivity (Wildman–Crippen MR) is 84.3 cm³/mol. The van der Waals surface area contributed by atoms with E-state index in [2.05, 4.69) is 18.7 Å². The summed E-state index contributed by atoms with van der Waals surface area (Å²) in [6, 6.07) is 0.722. The van der Waals surface area contributed by atoms with Crippen molar-refractivity contribution in [2.45, 2.75) is 83.5 Å². The van der Waals surface area contributed by atoms with Crippen molar-refractivity contribution < 1.29 is 9.53 Å². The van der Waals surface area contributed by atoms with E-state index in [4.69, 9.17) is 4.74 Å². The lowest BCUT2D eigenvalue weighted by Gasteiger charge is -2.45. The highest BCUT2D eigenvalue weighted by Crippen LogP contribution is 2.42. The summed E-state index contributed by atoms with van der Waals surface area (Å²) in [6.45, 7) is 10.1. The summed E-state index contributed by atoms with van der Waals surface area (Å²) in [7, 11) is 0. The van der Waals surface area contributed by atoms with Gasteiger partial charge in [0.15, 0.2) is 5.78 Å². The van der Waals surface area contributed by atoms with Crippen molar-refractivity contribution in [3.8, 4) is 0 Å². The standard InChI is InChI=1S/C18H31NO2/c1-17(2)14(16(20)18(3,4)21-17)12-19-11-7-9-13-8-5-6-10-15(13)19/h13-15H,5-12H2,1-4H3. The van der Waals surface area contributed by atoms with Crippen LogP contribution >= 0.6 is 0 Å². The molecule has 0 aromatic carbocycles. The van der Waals surface area contributed by atoms with E-state index in [1.165, 1.54) is 45.1 Å². The van der Waals surface area contributed by atoms with Crippen molar-refractivity contribution in [1.82, 2.24) is 4.90 Å². The van der Waals surface area contributed by atoms with Crippen LogP contribution in [0.1, 0.15) is 66.2 Å². The molecule has 1 saturated carbocycles. The van der Waals surface area contributed by atoms with E-state index in [0.717, 1.165) is 18.5 Å². The summed E-state index contributed by atoms with van der Waals surface area (Å²) in [5.41, 5.74) is -0.946. The van der Waals surface area contributed by atoms with Gasteiger partial charge in [-0.25, -0.2) is 0 Å². The maximum atomic E-state index is 12.7. The summed E-state index contributed by atoms with van der Waals surface area (Å²) in [5, 5.41) is 0. The van der Waals surface area contributed by atoms with E-state index < -0.39 is 5.60 Å². The molecule has 0 radical (unpaired) electrons. The molecule has 1 aliphatic carbocycles. The van der Waals surface area contributed by atoms with Crippen LogP contribution in [0.3, 0.4) is 0 Å². The molecule has 3 unspecified atom stereocenters. The fraction of sp³-hybridized carbons (Fsp3) is 0.944. The summed E-state index contributed by atoms with van der Waals surface area (Å²) in [6.07, 6.45) is 8.18. The Bertz CT molecular complexity index is 413. The van der Waals surface area contributed by atoms with Gasteiger partial charge in [0.05, 0.1) is 11.5 Å². The Morgan fingerprint density at radius 3 is 2.43 bits per heavy atom. The van der Waals surface area contributed by atoms with Crippen LogP contribution in [0.4, 0.5) is 0 Å². The molecule has 3 fully saturated rings. The van der Waals surface area contributed by atoms with E-state index >= 15 is 0 Å². The number of Topliss-reactive ketones (excluding diaryl/α,β-unsaturated/α-hetero) is 1. The molecule has 0 bridgehead atoms. The molecule has 3 nitrogen and oxygen atoms in total. The zero-order valence-electron chi connectivity index (χ0n) is 14.2. The fourth-order valence-electron chi connectivity index (χ4n) is 5.01. The van der Waals surface area contributed by atoms with Gasteiger partial charge in [-0.15, -0.1) is 0 Å². The van der Waals surface area contributed by atoms with Crippen molar-refractivity contribution in [1.29, 1.82) is 0 Å². The van der Waals surface area contributed by atoms with Gasteiger partial charge >= 0.3 is 0 Å². The molecule has 120 valence electrons. The molecule has 0 amide bonds. The van der Waals surface area contributed by atoms with Crippen LogP contribution < -0.4 is 0 Å². The van der Waals surface area contributed by atoms with Crippen LogP contribution in [0.25, 0.3) is 0 Å². The van der Waals surface area contributed by atoms with Crippen LogP contribution in [-0.4, -0.2) is 41.0 Å². The average Bonchev–Trinajstić information content (AvgIpc) is 2.57. The molecule has 2 aliphatic heterocycles. The van der Waals surface area contributed by atoms with Crippen molar-refractivity contribution >= 4 is 5.78 Å². The Morgan fingerprint density at radius 2 is 1.76 bits per heavy atom. The Hall–Kier alpha value is -0.410. The molecule has 3 aliphatic rings. The largest absolute Gasteiger partial charge is 0.361 e. The second kappa shape index (κ2) is 5.34. The number of hydrogen-bond donors (Lipinski definition) is 0. The minimum atomic E-state index is -0.615. The Balaban J connectivity index is 1.74. The number of hydrogen-bond acceptors (Lipinski definition) is 3. The van der Waals surface area contributed by atoms with Crippen LogP contribution in [0, 0.1) is 11.8 Å². The number of piperidine rings is 1. The molecular formula is C18H31NO2.